The predicted molar refractivity (Wildman–Crippen MR) is 139 cm³/mol. The van der Waals surface area contributed by atoms with Crippen molar-refractivity contribution in [1.29, 1.82) is 0 Å². The molecule has 0 saturated heterocycles. The SMILES string of the molecule is O=C(O[C@H](C(=O)c1ccccc1)c1ccccc1)c1ccc2c(c1)C(=O)N(c1cc(C(F)(F)F)ccc1Cl)C2=O. The number of halogens is 4. The van der Waals surface area contributed by atoms with E-state index in [-0.39, 0.29) is 21.7 Å². The van der Waals surface area contributed by atoms with Crippen LogP contribution in [0.3, 0.4) is 0 Å². The third kappa shape index (κ3) is 4.99. The maximum absolute atomic E-state index is 13.3. The van der Waals surface area contributed by atoms with E-state index in [4.69, 9.17) is 16.3 Å². The molecule has 200 valence electrons. The summed E-state index contributed by atoms with van der Waals surface area (Å²) < 4.78 is 45.4. The number of hydrogen-bond donors (Lipinski definition) is 0. The number of rotatable bonds is 6. The summed E-state index contributed by atoms with van der Waals surface area (Å²) >= 11 is 6.06. The largest absolute Gasteiger partial charge is 0.445 e. The Labute approximate surface area is 230 Å². The second kappa shape index (κ2) is 10.4. The number of amides is 2. The molecule has 4 aromatic rings. The van der Waals surface area contributed by atoms with Crippen LogP contribution in [0, 0.1) is 0 Å². The lowest BCUT2D eigenvalue weighted by Crippen LogP contribution is -2.30. The first-order valence-corrected chi connectivity index (χ1v) is 12.2. The van der Waals surface area contributed by atoms with E-state index in [1.807, 2.05) is 0 Å². The van der Waals surface area contributed by atoms with Crippen LogP contribution in [0.15, 0.2) is 97.1 Å². The summed E-state index contributed by atoms with van der Waals surface area (Å²) in [4.78, 5) is 53.2. The van der Waals surface area contributed by atoms with Gasteiger partial charge in [-0.2, -0.15) is 13.2 Å². The molecule has 1 aliphatic rings. The lowest BCUT2D eigenvalue weighted by atomic mass is 9.99. The Balaban J connectivity index is 1.46. The first kappa shape index (κ1) is 26.8. The molecular formula is C30H17ClF3NO5. The highest BCUT2D eigenvalue weighted by Crippen LogP contribution is 2.38. The summed E-state index contributed by atoms with van der Waals surface area (Å²) in [5, 5.41) is -0.243. The molecule has 0 fully saturated rings. The number of carbonyl (C=O) groups is 4. The number of esters is 1. The first-order valence-electron chi connectivity index (χ1n) is 11.8. The van der Waals surface area contributed by atoms with Gasteiger partial charge in [0, 0.05) is 11.1 Å². The van der Waals surface area contributed by atoms with E-state index < -0.39 is 47.1 Å². The lowest BCUT2D eigenvalue weighted by Gasteiger charge is -2.18. The third-order valence-electron chi connectivity index (χ3n) is 6.26. The smallest absolute Gasteiger partial charge is 0.416 e. The molecule has 0 saturated carbocycles. The van der Waals surface area contributed by atoms with Crippen molar-refractivity contribution in [3.05, 3.63) is 135 Å². The van der Waals surface area contributed by atoms with Crippen LogP contribution in [0.5, 0.6) is 0 Å². The van der Waals surface area contributed by atoms with Gasteiger partial charge in [-0.15, -0.1) is 0 Å². The van der Waals surface area contributed by atoms with Crippen molar-refractivity contribution in [1.82, 2.24) is 0 Å². The maximum atomic E-state index is 13.3. The van der Waals surface area contributed by atoms with Gasteiger partial charge in [-0.1, -0.05) is 72.3 Å². The van der Waals surface area contributed by atoms with Gasteiger partial charge in [0.15, 0.2) is 6.10 Å². The van der Waals surface area contributed by atoms with Crippen molar-refractivity contribution in [2.45, 2.75) is 12.3 Å². The zero-order valence-electron chi connectivity index (χ0n) is 20.3. The van der Waals surface area contributed by atoms with E-state index in [1.54, 1.807) is 60.7 Å². The highest BCUT2D eigenvalue weighted by molar-refractivity contribution is 6.40. The molecule has 10 heteroatoms. The highest BCUT2D eigenvalue weighted by Gasteiger charge is 2.40. The van der Waals surface area contributed by atoms with Crippen LogP contribution in [0.25, 0.3) is 0 Å². The Bertz CT molecular complexity index is 1660. The van der Waals surface area contributed by atoms with E-state index in [0.717, 1.165) is 18.2 Å². The fourth-order valence-corrected chi connectivity index (χ4v) is 4.48. The molecule has 5 rings (SSSR count). The number of hydrogen-bond acceptors (Lipinski definition) is 5. The summed E-state index contributed by atoms with van der Waals surface area (Å²) in [6.07, 6.45) is -6.04. The minimum absolute atomic E-state index is 0.130. The Kier molecular flexibility index (Phi) is 6.99. The minimum atomic E-state index is -4.73. The van der Waals surface area contributed by atoms with E-state index in [2.05, 4.69) is 0 Å². The molecule has 0 N–H and O–H groups in total. The van der Waals surface area contributed by atoms with E-state index >= 15 is 0 Å². The number of carbonyl (C=O) groups excluding carboxylic acids is 4. The predicted octanol–water partition coefficient (Wildman–Crippen LogP) is 6.94. The number of ether oxygens (including phenoxy) is 1. The molecule has 4 aromatic carbocycles. The molecule has 0 radical (unpaired) electrons. The highest BCUT2D eigenvalue weighted by atomic mass is 35.5. The number of nitrogens with zero attached hydrogens (tertiary/aromatic N) is 1. The van der Waals surface area contributed by atoms with Crippen LogP contribution in [0.2, 0.25) is 5.02 Å². The molecule has 6 nitrogen and oxygen atoms in total. The standard InChI is InChI=1S/C30H17ClF3NO5/c31-23-14-12-20(30(32,33)34)16-24(23)35-27(37)21-13-11-19(15-22(21)28(35)38)29(39)40-26(18-9-5-2-6-10-18)25(36)17-7-3-1-4-8-17/h1-16,26H/t26-/m0/s1. The molecule has 0 unspecified atom stereocenters. The van der Waals surface area contributed by atoms with Crippen molar-refractivity contribution >= 4 is 40.9 Å². The zero-order valence-corrected chi connectivity index (χ0v) is 21.1. The Hall–Kier alpha value is -4.76. The zero-order chi connectivity index (χ0) is 28.6. The van der Waals surface area contributed by atoms with Gasteiger partial charge in [0.05, 0.1) is 33.0 Å². The topological polar surface area (TPSA) is 80.8 Å². The molecule has 40 heavy (non-hydrogen) atoms. The van der Waals surface area contributed by atoms with Gasteiger partial charge in [0.2, 0.25) is 5.78 Å². The van der Waals surface area contributed by atoms with Crippen LogP contribution in [0.1, 0.15) is 58.7 Å². The number of anilines is 1. The molecular weight excluding hydrogens is 547 g/mol. The second-order valence-corrected chi connectivity index (χ2v) is 9.20. The number of alkyl halides is 3. The van der Waals surface area contributed by atoms with E-state index in [9.17, 15) is 32.3 Å². The molecule has 0 spiro atoms. The van der Waals surface area contributed by atoms with Crippen LogP contribution in [-0.2, 0) is 10.9 Å². The number of ketones is 1. The number of benzene rings is 4. The van der Waals surface area contributed by atoms with Crippen molar-refractivity contribution in [3.63, 3.8) is 0 Å². The Morgan fingerprint density at radius 3 is 2.02 bits per heavy atom. The van der Waals surface area contributed by atoms with Crippen LogP contribution in [0.4, 0.5) is 18.9 Å². The van der Waals surface area contributed by atoms with E-state index in [0.29, 0.717) is 22.1 Å². The van der Waals surface area contributed by atoms with Gasteiger partial charge >= 0.3 is 12.1 Å². The molecule has 1 heterocycles. The second-order valence-electron chi connectivity index (χ2n) is 8.80. The van der Waals surface area contributed by atoms with Crippen molar-refractivity contribution < 1.29 is 37.1 Å². The fraction of sp³-hybridized carbons (Fsp3) is 0.0667. The van der Waals surface area contributed by atoms with Gasteiger partial charge in [-0.25, -0.2) is 9.69 Å². The van der Waals surface area contributed by atoms with Gasteiger partial charge in [0.1, 0.15) is 0 Å². The summed E-state index contributed by atoms with van der Waals surface area (Å²) in [5.41, 5.74) is -1.30. The molecule has 0 bridgehead atoms. The van der Waals surface area contributed by atoms with Crippen LogP contribution >= 0.6 is 11.6 Å². The van der Waals surface area contributed by atoms with Crippen molar-refractivity contribution in [3.8, 4) is 0 Å². The molecule has 1 atom stereocenters. The normalized spacial score (nSPS) is 13.7. The average Bonchev–Trinajstić information content (AvgIpc) is 3.20. The summed E-state index contributed by atoms with van der Waals surface area (Å²) in [6.45, 7) is 0. The van der Waals surface area contributed by atoms with Crippen LogP contribution < -0.4 is 4.90 Å². The monoisotopic (exact) mass is 563 g/mol. The van der Waals surface area contributed by atoms with Gasteiger partial charge in [-0.05, 0) is 36.4 Å². The summed E-state index contributed by atoms with van der Waals surface area (Å²) in [6, 6.07) is 22.4. The van der Waals surface area contributed by atoms with Gasteiger partial charge < -0.3 is 4.74 Å². The molecule has 0 aliphatic carbocycles. The lowest BCUT2D eigenvalue weighted by molar-refractivity contribution is -0.137. The van der Waals surface area contributed by atoms with Crippen molar-refractivity contribution in [2.75, 3.05) is 4.90 Å². The molecule has 0 aromatic heterocycles. The maximum Gasteiger partial charge on any atom is 0.416 e. The quantitative estimate of drug-likeness (QED) is 0.144. The Morgan fingerprint density at radius 1 is 0.750 bits per heavy atom. The van der Waals surface area contributed by atoms with Gasteiger partial charge in [0.25, 0.3) is 11.8 Å². The van der Waals surface area contributed by atoms with Crippen LogP contribution in [-0.4, -0.2) is 23.6 Å². The third-order valence-corrected chi connectivity index (χ3v) is 6.58. The fourth-order valence-electron chi connectivity index (χ4n) is 4.28. The minimum Gasteiger partial charge on any atom is -0.445 e. The first-order chi connectivity index (χ1) is 19.1. The van der Waals surface area contributed by atoms with Crippen molar-refractivity contribution in [2.24, 2.45) is 0 Å². The average molecular weight is 564 g/mol. The summed E-state index contributed by atoms with van der Waals surface area (Å²) in [7, 11) is 0. The summed E-state index contributed by atoms with van der Waals surface area (Å²) in [5.74, 6) is -3.28. The van der Waals surface area contributed by atoms with E-state index in [1.165, 1.54) is 12.1 Å². The molecule has 1 aliphatic heterocycles. The molecule has 2 amide bonds. The Morgan fingerprint density at radius 2 is 1.38 bits per heavy atom. The van der Waals surface area contributed by atoms with Gasteiger partial charge in [-0.3, -0.25) is 14.4 Å². The number of Topliss-reactive ketones (excluding diaryl/α,β-unsaturated/α-hetero) is 1. The number of imide groups is 1. The number of fused-ring (bicyclic) bond motifs is 1.